The molecule has 8 heteroatoms. The van der Waals surface area contributed by atoms with Crippen LogP contribution in [0.2, 0.25) is 0 Å². The molecule has 0 aromatic heterocycles. The van der Waals surface area contributed by atoms with E-state index >= 15 is 0 Å². The summed E-state index contributed by atoms with van der Waals surface area (Å²) in [7, 11) is 1.58. The Kier molecular flexibility index (Phi) is 6.19. The highest BCUT2D eigenvalue weighted by atomic mass is 16.7. The monoisotopic (exact) mass is 415 g/mol. The quantitative estimate of drug-likeness (QED) is 0.769. The van der Waals surface area contributed by atoms with Crippen LogP contribution in [0.3, 0.4) is 0 Å². The van der Waals surface area contributed by atoms with Crippen LogP contribution >= 0.6 is 0 Å². The van der Waals surface area contributed by atoms with Crippen LogP contribution in [0.15, 0.2) is 54.6 Å². The minimum absolute atomic E-state index is 0.219. The maximum Gasteiger partial charge on any atom is 0.223 e. The van der Waals surface area contributed by atoms with Crippen molar-refractivity contribution in [3.8, 4) is 11.5 Å². The first-order chi connectivity index (χ1) is 14.5. The van der Waals surface area contributed by atoms with Crippen LogP contribution in [0.4, 0.5) is 0 Å². The van der Waals surface area contributed by atoms with Gasteiger partial charge < -0.3 is 34.1 Å². The molecule has 2 heterocycles. The molecule has 8 nitrogen and oxygen atoms in total. The highest BCUT2D eigenvalue weighted by Gasteiger charge is 2.50. The van der Waals surface area contributed by atoms with Gasteiger partial charge in [-0.25, -0.2) is 0 Å². The first-order valence-corrected chi connectivity index (χ1v) is 9.78. The SMILES string of the molecule is COc1ccc(O[C@@H]2O[C@@H]3CO[C@H](c4ccccc4)O[C@H]3[C@H](O)[C@H]2NC(C)=O)cc1. The summed E-state index contributed by atoms with van der Waals surface area (Å²) < 4.78 is 28.9. The number of hydrogen-bond acceptors (Lipinski definition) is 7. The minimum Gasteiger partial charge on any atom is -0.497 e. The van der Waals surface area contributed by atoms with Crippen molar-refractivity contribution in [1.82, 2.24) is 5.32 Å². The number of amides is 1. The molecule has 0 radical (unpaired) electrons. The van der Waals surface area contributed by atoms with Crippen molar-refractivity contribution >= 4 is 5.91 Å². The molecule has 0 saturated carbocycles. The molecule has 2 N–H and O–H groups in total. The predicted octanol–water partition coefficient (Wildman–Crippen LogP) is 1.78. The van der Waals surface area contributed by atoms with Crippen molar-refractivity contribution < 1.29 is 33.6 Å². The van der Waals surface area contributed by atoms with Crippen LogP contribution in [-0.4, -0.2) is 55.4 Å². The molecule has 1 amide bonds. The van der Waals surface area contributed by atoms with Gasteiger partial charge in [0, 0.05) is 12.5 Å². The largest absolute Gasteiger partial charge is 0.497 e. The average Bonchev–Trinajstić information content (AvgIpc) is 2.77. The Bertz CT molecular complexity index is 844. The molecule has 2 saturated heterocycles. The van der Waals surface area contributed by atoms with E-state index in [4.69, 9.17) is 23.7 Å². The molecule has 2 aromatic rings. The van der Waals surface area contributed by atoms with Gasteiger partial charge in [0.1, 0.15) is 35.9 Å². The summed E-state index contributed by atoms with van der Waals surface area (Å²) >= 11 is 0. The van der Waals surface area contributed by atoms with Crippen LogP contribution < -0.4 is 14.8 Å². The third-order valence-electron chi connectivity index (χ3n) is 5.12. The first kappa shape index (κ1) is 20.6. The van der Waals surface area contributed by atoms with E-state index in [-0.39, 0.29) is 12.5 Å². The molecule has 30 heavy (non-hydrogen) atoms. The Morgan fingerprint density at radius 1 is 1.07 bits per heavy atom. The lowest BCUT2D eigenvalue weighted by Gasteiger charge is -2.47. The highest BCUT2D eigenvalue weighted by molar-refractivity contribution is 5.73. The number of rotatable bonds is 5. The fourth-order valence-electron chi connectivity index (χ4n) is 3.65. The normalized spacial score (nSPS) is 30.8. The van der Waals surface area contributed by atoms with E-state index in [1.54, 1.807) is 31.4 Å². The number of hydrogen-bond donors (Lipinski definition) is 2. The van der Waals surface area contributed by atoms with Crippen LogP contribution in [0.5, 0.6) is 11.5 Å². The Labute approximate surface area is 174 Å². The van der Waals surface area contributed by atoms with Crippen LogP contribution in [-0.2, 0) is 19.0 Å². The third kappa shape index (κ3) is 4.41. The molecule has 6 atom stereocenters. The Hall–Kier alpha value is -2.65. The summed E-state index contributed by atoms with van der Waals surface area (Å²) in [5, 5.41) is 13.8. The van der Waals surface area contributed by atoms with E-state index in [2.05, 4.69) is 5.32 Å². The summed E-state index contributed by atoms with van der Waals surface area (Å²) in [6, 6.07) is 15.6. The number of nitrogens with one attached hydrogen (secondary N) is 1. The summed E-state index contributed by atoms with van der Waals surface area (Å²) in [6.45, 7) is 1.59. The summed E-state index contributed by atoms with van der Waals surface area (Å²) in [5.74, 6) is 0.893. The number of aliphatic hydroxyl groups is 1. The van der Waals surface area contributed by atoms with Crippen molar-refractivity contribution in [2.45, 2.75) is 43.9 Å². The fourth-order valence-corrected chi connectivity index (χ4v) is 3.65. The molecule has 2 aliphatic heterocycles. The molecule has 160 valence electrons. The van der Waals surface area contributed by atoms with Gasteiger partial charge in [-0.15, -0.1) is 0 Å². The zero-order valence-electron chi connectivity index (χ0n) is 16.8. The molecule has 4 rings (SSSR count). The van der Waals surface area contributed by atoms with Gasteiger partial charge in [-0.05, 0) is 24.3 Å². The molecule has 0 unspecified atom stereocenters. The van der Waals surface area contributed by atoms with Crippen molar-refractivity contribution in [2.24, 2.45) is 0 Å². The molecule has 2 aliphatic rings. The average molecular weight is 415 g/mol. The van der Waals surface area contributed by atoms with Gasteiger partial charge in [-0.2, -0.15) is 0 Å². The Morgan fingerprint density at radius 3 is 2.43 bits per heavy atom. The number of aliphatic hydroxyl groups excluding tert-OH is 1. The number of methoxy groups -OCH3 is 1. The second kappa shape index (κ2) is 9.01. The molecular formula is C22H25NO7. The van der Waals surface area contributed by atoms with Gasteiger partial charge in [0.05, 0.1) is 13.7 Å². The second-order valence-electron chi connectivity index (χ2n) is 7.23. The number of fused-ring (bicyclic) bond motifs is 1. The second-order valence-corrected chi connectivity index (χ2v) is 7.23. The molecule has 2 aromatic carbocycles. The molecule has 0 aliphatic carbocycles. The third-order valence-corrected chi connectivity index (χ3v) is 5.12. The number of carbonyl (C=O) groups is 1. The molecular weight excluding hydrogens is 390 g/mol. The van der Waals surface area contributed by atoms with Crippen molar-refractivity contribution in [3.05, 3.63) is 60.2 Å². The van der Waals surface area contributed by atoms with Crippen LogP contribution in [0.25, 0.3) is 0 Å². The lowest BCUT2D eigenvalue weighted by atomic mass is 9.95. The van der Waals surface area contributed by atoms with Gasteiger partial charge in [0.15, 0.2) is 6.29 Å². The topological polar surface area (TPSA) is 95.5 Å². The van der Waals surface area contributed by atoms with Crippen LogP contribution in [0, 0.1) is 0 Å². The lowest BCUT2D eigenvalue weighted by molar-refractivity contribution is -0.333. The van der Waals surface area contributed by atoms with Gasteiger partial charge in [-0.1, -0.05) is 30.3 Å². The number of carbonyl (C=O) groups excluding carboxylic acids is 1. The summed E-state index contributed by atoms with van der Waals surface area (Å²) in [5.41, 5.74) is 0.843. The van der Waals surface area contributed by atoms with Gasteiger partial charge in [-0.3, -0.25) is 4.79 Å². The van der Waals surface area contributed by atoms with E-state index in [0.29, 0.717) is 11.5 Å². The van der Waals surface area contributed by atoms with E-state index in [1.165, 1.54) is 6.92 Å². The van der Waals surface area contributed by atoms with Crippen LogP contribution in [0.1, 0.15) is 18.8 Å². The van der Waals surface area contributed by atoms with E-state index in [9.17, 15) is 9.90 Å². The minimum atomic E-state index is -1.05. The van der Waals surface area contributed by atoms with Gasteiger partial charge in [0.25, 0.3) is 0 Å². The van der Waals surface area contributed by atoms with Gasteiger partial charge >= 0.3 is 0 Å². The predicted molar refractivity (Wildman–Crippen MR) is 106 cm³/mol. The zero-order valence-corrected chi connectivity index (χ0v) is 16.8. The van der Waals surface area contributed by atoms with Crippen molar-refractivity contribution in [1.29, 1.82) is 0 Å². The zero-order chi connectivity index (χ0) is 21.1. The Balaban J connectivity index is 1.51. The van der Waals surface area contributed by atoms with E-state index < -0.39 is 36.9 Å². The summed E-state index contributed by atoms with van der Waals surface area (Å²) in [6.07, 6.45) is -3.82. The molecule has 2 fully saturated rings. The standard InChI is InChI=1S/C22H25NO7/c1-13(24)23-18-19(25)20-17(12-27-21(30-20)14-6-4-3-5-7-14)29-22(18)28-16-10-8-15(26-2)9-11-16/h3-11,17-22,25H,12H2,1-2H3,(H,23,24)/t17-,18-,19-,20-,21+,22-/m1/s1. The summed E-state index contributed by atoms with van der Waals surface area (Å²) in [4.78, 5) is 11.8. The smallest absolute Gasteiger partial charge is 0.223 e. The maximum absolute atomic E-state index is 11.8. The molecule has 0 spiro atoms. The number of ether oxygens (including phenoxy) is 5. The molecule has 0 bridgehead atoms. The fraction of sp³-hybridized carbons (Fsp3) is 0.409. The maximum atomic E-state index is 11.8. The van der Waals surface area contributed by atoms with Gasteiger partial charge in [0.2, 0.25) is 12.2 Å². The van der Waals surface area contributed by atoms with E-state index in [0.717, 1.165) is 5.56 Å². The van der Waals surface area contributed by atoms with E-state index in [1.807, 2.05) is 30.3 Å². The number of benzene rings is 2. The van der Waals surface area contributed by atoms with Crippen molar-refractivity contribution in [3.63, 3.8) is 0 Å². The Morgan fingerprint density at radius 2 is 1.77 bits per heavy atom. The lowest BCUT2D eigenvalue weighted by Crippen LogP contribution is -2.67. The van der Waals surface area contributed by atoms with Crippen molar-refractivity contribution in [2.75, 3.05) is 13.7 Å². The highest BCUT2D eigenvalue weighted by Crippen LogP contribution is 2.35. The first-order valence-electron chi connectivity index (χ1n) is 9.78.